The van der Waals surface area contributed by atoms with Gasteiger partial charge in [0.05, 0.1) is 11.3 Å². The molecule has 1 amide bonds. The lowest BCUT2D eigenvalue weighted by atomic mass is 9.99. The number of amides is 1. The number of anilines is 1. The Morgan fingerprint density at radius 3 is 2.12 bits per heavy atom. The highest BCUT2D eigenvalue weighted by molar-refractivity contribution is 6.05. The van der Waals surface area contributed by atoms with Crippen molar-refractivity contribution in [2.45, 2.75) is 33.6 Å². The van der Waals surface area contributed by atoms with E-state index < -0.39 is 0 Å². The van der Waals surface area contributed by atoms with E-state index in [1.807, 2.05) is 86.6 Å². The van der Waals surface area contributed by atoms with Crippen molar-refractivity contribution in [3.63, 3.8) is 0 Å². The summed E-state index contributed by atoms with van der Waals surface area (Å²) in [4.78, 5) is 26.0. The molecule has 0 radical (unpaired) electrons. The molecule has 0 fully saturated rings. The molecular weight excluding hydrogens is 398 g/mol. The Morgan fingerprint density at radius 2 is 1.50 bits per heavy atom. The van der Waals surface area contributed by atoms with Crippen LogP contribution in [0.4, 0.5) is 5.69 Å². The van der Waals surface area contributed by atoms with Crippen LogP contribution >= 0.6 is 0 Å². The summed E-state index contributed by atoms with van der Waals surface area (Å²) >= 11 is 0. The van der Waals surface area contributed by atoms with Gasteiger partial charge in [-0.2, -0.15) is 0 Å². The van der Waals surface area contributed by atoms with Crippen LogP contribution in [0.25, 0.3) is 16.8 Å². The molecular formula is C27H27N3O2. The quantitative estimate of drug-likeness (QED) is 0.423. The summed E-state index contributed by atoms with van der Waals surface area (Å²) in [7, 11) is 0. The van der Waals surface area contributed by atoms with E-state index in [1.54, 1.807) is 4.68 Å². The fourth-order valence-corrected chi connectivity index (χ4v) is 3.88. The van der Waals surface area contributed by atoms with E-state index in [0.29, 0.717) is 16.8 Å². The van der Waals surface area contributed by atoms with Crippen molar-refractivity contribution in [1.29, 1.82) is 0 Å². The van der Waals surface area contributed by atoms with Gasteiger partial charge in [0.2, 0.25) is 0 Å². The van der Waals surface area contributed by atoms with Crippen LogP contribution < -0.4 is 10.9 Å². The summed E-state index contributed by atoms with van der Waals surface area (Å²) in [5.74, 6) is -0.00863. The van der Waals surface area contributed by atoms with Crippen LogP contribution in [0, 0.1) is 13.8 Å². The highest BCUT2D eigenvalue weighted by Gasteiger charge is 2.20. The Hall–Kier alpha value is -3.86. The number of hydrogen-bond donors (Lipinski definition) is 2. The molecule has 3 aromatic carbocycles. The molecule has 5 nitrogen and oxygen atoms in total. The molecule has 0 saturated carbocycles. The first-order chi connectivity index (χ1) is 15.4. The van der Waals surface area contributed by atoms with Crippen molar-refractivity contribution >= 4 is 11.6 Å². The predicted molar refractivity (Wildman–Crippen MR) is 130 cm³/mol. The number of H-pyrrole nitrogens is 1. The number of rotatable bonds is 5. The van der Waals surface area contributed by atoms with E-state index in [0.717, 1.165) is 28.1 Å². The molecule has 1 heterocycles. The van der Waals surface area contributed by atoms with Crippen LogP contribution in [-0.4, -0.2) is 15.7 Å². The Bertz CT molecular complexity index is 1330. The minimum Gasteiger partial charge on any atom is -0.322 e. The Kier molecular flexibility index (Phi) is 5.82. The molecule has 1 aromatic heterocycles. The predicted octanol–water partition coefficient (Wildman–Crippen LogP) is 5.83. The monoisotopic (exact) mass is 425 g/mol. The van der Waals surface area contributed by atoms with Gasteiger partial charge in [-0.25, -0.2) is 4.68 Å². The SMILES string of the molecule is Cc1ccccc1C(=O)Nc1ccc(-c2c(C(C)C)[nH]n(-c3ccccc3C)c2=O)cc1. The zero-order chi connectivity index (χ0) is 22.8. The second kappa shape index (κ2) is 8.71. The van der Waals surface area contributed by atoms with Gasteiger partial charge in [0, 0.05) is 16.9 Å². The number of aromatic nitrogens is 2. The lowest BCUT2D eigenvalue weighted by Crippen LogP contribution is -2.16. The van der Waals surface area contributed by atoms with Crippen molar-refractivity contribution in [2.24, 2.45) is 0 Å². The lowest BCUT2D eigenvalue weighted by molar-refractivity contribution is 0.102. The summed E-state index contributed by atoms with van der Waals surface area (Å²) in [5.41, 5.74) is 6.38. The van der Waals surface area contributed by atoms with Crippen molar-refractivity contribution < 1.29 is 4.79 Å². The molecule has 5 heteroatoms. The summed E-state index contributed by atoms with van der Waals surface area (Å²) in [6, 6.07) is 22.7. The molecule has 0 aliphatic heterocycles. The summed E-state index contributed by atoms with van der Waals surface area (Å²) < 4.78 is 1.62. The average molecular weight is 426 g/mol. The largest absolute Gasteiger partial charge is 0.322 e. The molecule has 4 aromatic rings. The van der Waals surface area contributed by atoms with Crippen LogP contribution in [0.3, 0.4) is 0 Å². The first kappa shape index (κ1) is 21.4. The zero-order valence-corrected chi connectivity index (χ0v) is 18.8. The van der Waals surface area contributed by atoms with Gasteiger partial charge in [0.25, 0.3) is 11.5 Å². The van der Waals surface area contributed by atoms with E-state index in [2.05, 4.69) is 24.3 Å². The van der Waals surface area contributed by atoms with E-state index in [4.69, 9.17) is 0 Å². The number of aromatic amines is 1. The van der Waals surface area contributed by atoms with E-state index >= 15 is 0 Å². The first-order valence-corrected chi connectivity index (χ1v) is 10.7. The van der Waals surface area contributed by atoms with Gasteiger partial charge in [0.1, 0.15) is 0 Å². The summed E-state index contributed by atoms with van der Waals surface area (Å²) in [6.07, 6.45) is 0. The summed E-state index contributed by atoms with van der Waals surface area (Å²) in [5, 5.41) is 6.25. The van der Waals surface area contributed by atoms with Crippen LogP contribution in [-0.2, 0) is 0 Å². The number of para-hydroxylation sites is 1. The molecule has 0 bridgehead atoms. The van der Waals surface area contributed by atoms with Gasteiger partial charge in [-0.15, -0.1) is 0 Å². The molecule has 0 aliphatic carbocycles. The molecule has 0 saturated heterocycles. The molecule has 2 N–H and O–H groups in total. The normalized spacial score (nSPS) is 11.0. The number of carbonyl (C=O) groups excluding carboxylic acids is 1. The lowest BCUT2D eigenvalue weighted by Gasteiger charge is -2.09. The molecule has 0 unspecified atom stereocenters. The minimum absolute atomic E-state index is 0.0836. The smallest absolute Gasteiger partial charge is 0.279 e. The maximum Gasteiger partial charge on any atom is 0.279 e. The van der Waals surface area contributed by atoms with Gasteiger partial charge in [-0.3, -0.25) is 14.7 Å². The number of carbonyl (C=O) groups is 1. The minimum atomic E-state index is -0.151. The van der Waals surface area contributed by atoms with Crippen molar-refractivity contribution in [2.75, 3.05) is 5.32 Å². The number of benzene rings is 3. The third-order valence-electron chi connectivity index (χ3n) is 5.67. The maximum absolute atomic E-state index is 13.4. The van der Waals surface area contributed by atoms with Crippen LogP contribution in [0.5, 0.6) is 0 Å². The second-order valence-corrected chi connectivity index (χ2v) is 8.33. The van der Waals surface area contributed by atoms with Crippen molar-refractivity contribution in [3.05, 3.63) is 106 Å². The van der Waals surface area contributed by atoms with Gasteiger partial charge < -0.3 is 5.32 Å². The third-order valence-corrected chi connectivity index (χ3v) is 5.67. The zero-order valence-electron chi connectivity index (χ0n) is 18.8. The second-order valence-electron chi connectivity index (χ2n) is 8.33. The van der Waals surface area contributed by atoms with E-state index in [1.165, 1.54) is 0 Å². The number of hydrogen-bond acceptors (Lipinski definition) is 2. The highest BCUT2D eigenvalue weighted by Crippen LogP contribution is 2.27. The van der Waals surface area contributed by atoms with Gasteiger partial charge in [-0.05, 0) is 60.7 Å². The maximum atomic E-state index is 13.4. The highest BCUT2D eigenvalue weighted by atomic mass is 16.1. The fraction of sp³-hybridized carbons (Fsp3) is 0.185. The van der Waals surface area contributed by atoms with Crippen molar-refractivity contribution in [1.82, 2.24) is 9.78 Å². The Balaban J connectivity index is 1.68. The Labute approximate surface area is 187 Å². The van der Waals surface area contributed by atoms with Crippen LogP contribution in [0.1, 0.15) is 46.9 Å². The van der Waals surface area contributed by atoms with Gasteiger partial charge in [0.15, 0.2) is 0 Å². The van der Waals surface area contributed by atoms with Gasteiger partial charge >= 0.3 is 0 Å². The number of aryl methyl sites for hydroxylation is 2. The molecule has 0 aliphatic rings. The van der Waals surface area contributed by atoms with Crippen LogP contribution in [0.15, 0.2) is 77.6 Å². The standard InChI is InChI=1S/C27H27N3O2/c1-17(2)25-24(27(32)30(29-25)23-12-8-6-10-19(23)4)20-13-15-21(16-14-20)28-26(31)22-11-7-5-9-18(22)3/h5-17,29H,1-4H3,(H,28,31). The molecule has 4 rings (SSSR count). The van der Waals surface area contributed by atoms with Gasteiger partial charge in [-0.1, -0.05) is 62.4 Å². The average Bonchev–Trinajstić information content (AvgIpc) is 3.12. The van der Waals surface area contributed by atoms with E-state index in [-0.39, 0.29) is 17.4 Å². The Morgan fingerprint density at radius 1 is 0.875 bits per heavy atom. The molecule has 162 valence electrons. The van der Waals surface area contributed by atoms with E-state index in [9.17, 15) is 9.59 Å². The third kappa shape index (κ3) is 4.02. The molecule has 0 spiro atoms. The topological polar surface area (TPSA) is 66.9 Å². The number of nitrogens with one attached hydrogen (secondary N) is 2. The van der Waals surface area contributed by atoms with Crippen LogP contribution in [0.2, 0.25) is 0 Å². The van der Waals surface area contributed by atoms with Crippen molar-refractivity contribution in [3.8, 4) is 16.8 Å². The fourth-order valence-electron chi connectivity index (χ4n) is 3.88. The first-order valence-electron chi connectivity index (χ1n) is 10.7. The summed E-state index contributed by atoms with van der Waals surface area (Å²) in [6.45, 7) is 8.03. The molecule has 32 heavy (non-hydrogen) atoms. The number of nitrogens with zero attached hydrogens (tertiary/aromatic N) is 1. The molecule has 0 atom stereocenters.